The van der Waals surface area contributed by atoms with Gasteiger partial charge in [0.25, 0.3) is 0 Å². The van der Waals surface area contributed by atoms with Gasteiger partial charge >= 0.3 is 0 Å². The molecule has 1 rings (SSSR count). The van der Waals surface area contributed by atoms with E-state index in [9.17, 15) is 8.78 Å². The van der Waals surface area contributed by atoms with E-state index in [4.69, 9.17) is 0 Å². The molecule has 1 nitrogen and oxygen atoms in total. The molecule has 0 fully saturated rings. The van der Waals surface area contributed by atoms with Crippen molar-refractivity contribution in [3.8, 4) is 0 Å². The third-order valence-corrected chi connectivity index (χ3v) is 2.00. The van der Waals surface area contributed by atoms with Crippen molar-refractivity contribution in [1.29, 1.82) is 0 Å². The van der Waals surface area contributed by atoms with Crippen molar-refractivity contribution in [2.45, 2.75) is 13.3 Å². The highest BCUT2D eigenvalue weighted by atomic mass is 19.1. The van der Waals surface area contributed by atoms with Crippen LogP contribution in [0, 0.1) is 11.6 Å². The van der Waals surface area contributed by atoms with E-state index in [0.717, 1.165) is 5.57 Å². The first kappa shape index (κ1) is 11.7. The molecule has 3 heteroatoms. The third kappa shape index (κ3) is 3.35. The first-order valence-electron chi connectivity index (χ1n) is 4.77. The van der Waals surface area contributed by atoms with Gasteiger partial charge in [0.1, 0.15) is 11.6 Å². The molecule has 0 aliphatic rings. The Morgan fingerprint density at radius 2 is 1.80 bits per heavy atom. The molecule has 0 aromatic heterocycles. The fourth-order valence-electron chi connectivity index (χ4n) is 1.47. The second kappa shape index (κ2) is 4.91. The zero-order chi connectivity index (χ0) is 11.4. The summed E-state index contributed by atoms with van der Waals surface area (Å²) < 4.78 is 26.5. The number of allylic oxidation sites excluding steroid dienone is 1. The monoisotopic (exact) mass is 211 g/mol. The van der Waals surface area contributed by atoms with Gasteiger partial charge < -0.3 is 4.90 Å². The molecule has 0 saturated carbocycles. The summed E-state index contributed by atoms with van der Waals surface area (Å²) in [5.41, 5.74) is 1.05. The van der Waals surface area contributed by atoms with Crippen LogP contribution in [0.2, 0.25) is 0 Å². The normalized spacial score (nSPS) is 11.7. The van der Waals surface area contributed by atoms with E-state index in [1.165, 1.54) is 18.2 Å². The summed E-state index contributed by atoms with van der Waals surface area (Å²) >= 11 is 0. The Hall–Kier alpha value is -1.38. The van der Waals surface area contributed by atoms with Crippen LogP contribution in [0.15, 0.2) is 30.0 Å². The molecule has 0 heterocycles. The molecule has 0 aliphatic carbocycles. The van der Waals surface area contributed by atoms with Gasteiger partial charge in [-0.05, 0) is 25.3 Å². The molecule has 15 heavy (non-hydrogen) atoms. The minimum Gasteiger partial charge on any atom is -0.384 e. The Kier molecular flexibility index (Phi) is 3.83. The smallest absolute Gasteiger partial charge is 0.129 e. The molecular weight excluding hydrogens is 196 g/mol. The fraction of sp³-hybridized carbons (Fsp3) is 0.333. The van der Waals surface area contributed by atoms with Gasteiger partial charge in [-0.2, -0.15) is 0 Å². The van der Waals surface area contributed by atoms with Crippen LogP contribution < -0.4 is 0 Å². The lowest BCUT2D eigenvalue weighted by atomic mass is 10.1. The van der Waals surface area contributed by atoms with Gasteiger partial charge in [0.15, 0.2) is 0 Å². The predicted octanol–water partition coefficient (Wildman–Crippen LogP) is 2.97. The van der Waals surface area contributed by atoms with Crippen LogP contribution in [0.4, 0.5) is 8.78 Å². The van der Waals surface area contributed by atoms with Crippen LogP contribution in [0.3, 0.4) is 0 Å². The van der Waals surface area contributed by atoms with Crippen molar-refractivity contribution >= 4 is 0 Å². The predicted molar refractivity (Wildman–Crippen MR) is 57.5 cm³/mol. The highest BCUT2D eigenvalue weighted by molar-refractivity contribution is 5.24. The Morgan fingerprint density at radius 1 is 1.27 bits per heavy atom. The summed E-state index contributed by atoms with van der Waals surface area (Å²) in [7, 11) is 3.75. The zero-order valence-electron chi connectivity index (χ0n) is 9.22. The molecule has 0 amide bonds. The molecule has 0 bridgehead atoms. The van der Waals surface area contributed by atoms with Crippen molar-refractivity contribution in [2.75, 3.05) is 14.1 Å². The van der Waals surface area contributed by atoms with Crippen LogP contribution in [0.1, 0.15) is 12.5 Å². The van der Waals surface area contributed by atoms with Gasteiger partial charge in [-0.25, -0.2) is 8.78 Å². The maximum absolute atomic E-state index is 13.3. The van der Waals surface area contributed by atoms with Gasteiger partial charge in [0, 0.05) is 26.1 Å². The molecule has 0 unspecified atom stereocenters. The van der Waals surface area contributed by atoms with Gasteiger partial charge in [-0.15, -0.1) is 0 Å². The number of rotatable bonds is 3. The van der Waals surface area contributed by atoms with E-state index in [2.05, 4.69) is 0 Å². The molecular formula is C12H15F2N. The summed E-state index contributed by atoms with van der Waals surface area (Å²) in [5, 5.41) is 0. The molecule has 0 radical (unpaired) electrons. The maximum atomic E-state index is 13.3. The first-order chi connectivity index (χ1) is 7.00. The van der Waals surface area contributed by atoms with Crippen LogP contribution in [0.25, 0.3) is 0 Å². The third-order valence-electron chi connectivity index (χ3n) is 2.00. The average Bonchev–Trinajstić information content (AvgIpc) is 2.10. The second-order valence-electron chi connectivity index (χ2n) is 3.82. The lowest BCUT2D eigenvalue weighted by Crippen LogP contribution is -2.04. The lowest BCUT2D eigenvalue weighted by molar-refractivity contribution is 0.546. The lowest BCUT2D eigenvalue weighted by Gasteiger charge is -2.09. The second-order valence-corrected chi connectivity index (χ2v) is 3.82. The van der Waals surface area contributed by atoms with E-state index < -0.39 is 11.6 Å². The number of nitrogens with zero attached hydrogens (tertiary/aromatic N) is 1. The summed E-state index contributed by atoms with van der Waals surface area (Å²) in [4.78, 5) is 1.86. The van der Waals surface area contributed by atoms with Crippen LogP contribution in [-0.4, -0.2) is 19.0 Å². The number of benzene rings is 1. The first-order valence-corrected chi connectivity index (χ1v) is 4.77. The minimum absolute atomic E-state index is 0.133. The van der Waals surface area contributed by atoms with E-state index >= 15 is 0 Å². The summed E-state index contributed by atoms with van der Waals surface area (Å²) in [5.74, 6) is -0.969. The van der Waals surface area contributed by atoms with Gasteiger partial charge in [-0.3, -0.25) is 0 Å². The van der Waals surface area contributed by atoms with Gasteiger partial charge in [-0.1, -0.05) is 11.6 Å². The Morgan fingerprint density at radius 3 is 2.27 bits per heavy atom. The molecule has 1 aromatic carbocycles. The number of hydrogen-bond acceptors (Lipinski definition) is 1. The molecule has 0 spiro atoms. The molecule has 0 aliphatic heterocycles. The Bertz CT molecular complexity index is 350. The molecule has 1 aromatic rings. The van der Waals surface area contributed by atoms with E-state index in [-0.39, 0.29) is 5.56 Å². The van der Waals surface area contributed by atoms with Crippen molar-refractivity contribution in [3.05, 3.63) is 47.2 Å². The Labute approximate surface area is 89.0 Å². The van der Waals surface area contributed by atoms with Crippen LogP contribution >= 0.6 is 0 Å². The van der Waals surface area contributed by atoms with E-state index in [1.807, 2.05) is 32.1 Å². The molecule has 82 valence electrons. The average molecular weight is 211 g/mol. The minimum atomic E-state index is -0.485. The fourth-order valence-corrected chi connectivity index (χ4v) is 1.47. The maximum Gasteiger partial charge on any atom is 0.129 e. The summed E-state index contributed by atoms with van der Waals surface area (Å²) in [6.45, 7) is 1.85. The summed E-state index contributed by atoms with van der Waals surface area (Å²) in [6, 6.07) is 3.93. The van der Waals surface area contributed by atoms with Crippen LogP contribution in [0.5, 0.6) is 0 Å². The van der Waals surface area contributed by atoms with Gasteiger partial charge in [0.2, 0.25) is 0 Å². The molecule has 0 saturated heterocycles. The topological polar surface area (TPSA) is 3.24 Å². The van der Waals surface area contributed by atoms with Crippen molar-refractivity contribution in [3.63, 3.8) is 0 Å². The van der Waals surface area contributed by atoms with E-state index in [1.54, 1.807) is 0 Å². The van der Waals surface area contributed by atoms with Crippen molar-refractivity contribution in [1.82, 2.24) is 4.90 Å². The van der Waals surface area contributed by atoms with E-state index in [0.29, 0.717) is 6.42 Å². The molecule has 0 N–H and O–H groups in total. The standard InChI is InChI=1S/C12H15F2N/c1-9(8-15(2)3)7-10-11(13)5-4-6-12(10)14/h4-6,8H,7H2,1-3H3. The van der Waals surface area contributed by atoms with Crippen molar-refractivity contribution < 1.29 is 8.78 Å². The van der Waals surface area contributed by atoms with Gasteiger partial charge in [0.05, 0.1) is 0 Å². The highest BCUT2D eigenvalue weighted by Crippen LogP contribution is 2.16. The SMILES string of the molecule is CC(=CN(C)C)Cc1c(F)cccc1F. The van der Waals surface area contributed by atoms with Crippen LogP contribution in [-0.2, 0) is 6.42 Å². The van der Waals surface area contributed by atoms with Crippen molar-refractivity contribution in [2.24, 2.45) is 0 Å². The quantitative estimate of drug-likeness (QED) is 0.743. The highest BCUT2D eigenvalue weighted by Gasteiger charge is 2.08. The largest absolute Gasteiger partial charge is 0.384 e. The zero-order valence-corrected chi connectivity index (χ0v) is 9.22. The number of hydrogen-bond donors (Lipinski definition) is 0. The Balaban J connectivity index is 2.90. The molecule has 0 atom stereocenters. The summed E-state index contributed by atoms with van der Waals surface area (Å²) in [6.07, 6.45) is 2.16. The number of halogens is 2.